The van der Waals surface area contributed by atoms with Crippen LogP contribution < -0.4 is 20.3 Å². The minimum absolute atomic E-state index is 0.0185. The van der Waals surface area contributed by atoms with Crippen molar-refractivity contribution in [1.29, 1.82) is 0 Å². The molecule has 0 atom stereocenters. The summed E-state index contributed by atoms with van der Waals surface area (Å²) in [6.45, 7) is 6.47. The summed E-state index contributed by atoms with van der Waals surface area (Å²) in [5.41, 5.74) is 1.29. The van der Waals surface area contributed by atoms with Crippen LogP contribution in [0.15, 0.2) is 42.5 Å². The lowest BCUT2D eigenvalue weighted by Gasteiger charge is -2.26. The molecule has 6 nitrogen and oxygen atoms in total. The number of carbonyl (C=O) groups is 2. The zero-order valence-electron chi connectivity index (χ0n) is 15.5. The van der Waals surface area contributed by atoms with E-state index in [1.165, 1.54) is 0 Å². The van der Waals surface area contributed by atoms with Gasteiger partial charge in [-0.25, -0.2) is 4.79 Å². The SMILES string of the molecule is CCN1C(=O)C(C)(C)COc2cc(NC(=O)Nc3ccc(Cl)cc3)ccc21. The molecule has 27 heavy (non-hydrogen) atoms. The lowest BCUT2D eigenvalue weighted by Crippen LogP contribution is -2.42. The lowest BCUT2D eigenvalue weighted by atomic mass is 9.93. The molecule has 0 radical (unpaired) electrons. The van der Waals surface area contributed by atoms with Crippen molar-refractivity contribution in [2.45, 2.75) is 20.8 Å². The summed E-state index contributed by atoms with van der Waals surface area (Å²) >= 11 is 5.84. The maximum atomic E-state index is 12.7. The van der Waals surface area contributed by atoms with Crippen LogP contribution in [-0.4, -0.2) is 25.1 Å². The number of ether oxygens (including phenoxy) is 1. The number of benzene rings is 2. The van der Waals surface area contributed by atoms with Gasteiger partial charge in [0.1, 0.15) is 12.4 Å². The summed E-state index contributed by atoms with van der Waals surface area (Å²) in [4.78, 5) is 26.6. The largest absolute Gasteiger partial charge is 0.490 e. The highest BCUT2D eigenvalue weighted by Gasteiger charge is 2.37. The molecule has 0 spiro atoms. The van der Waals surface area contributed by atoms with Crippen molar-refractivity contribution in [2.75, 3.05) is 28.7 Å². The van der Waals surface area contributed by atoms with E-state index in [1.807, 2.05) is 20.8 Å². The molecule has 3 rings (SSSR count). The average molecular weight is 388 g/mol. The number of hydrogen-bond donors (Lipinski definition) is 2. The summed E-state index contributed by atoms with van der Waals surface area (Å²) in [6.07, 6.45) is 0. The van der Waals surface area contributed by atoms with Crippen molar-refractivity contribution >= 4 is 40.6 Å². The summed E-state index contributed by atoms with van der Waals surface area (Å²) < 4.78 is 5.87. The van der Waals surface area contributed by atoms with Gasteiger partial charge < -0.3 is 20.3 Å². The minimum Gasteiger partial charge on any atom is -0.490 e. The maximum Gasteiger partial charge on any atom is 0.323 e. The molecule has 2 N–H and O–H groups in total. The Morgan fingerprint density at radius 2 is 1.78 bits per heavy atom. The first kappa shape index (κ1) is 19.0. The first-order chi connectivity index (χ1) is 12.8. The number of rotatable bonds is 3. The van der Waals surface area contributed by atoms with Crippen LogP contribution in [0.4, 0.5) is 21.9 Å². The predicted octanol–water partition coefficient (Wildman–Crippen LogP) is 4.76. The summed E-state index contributed by atoms with van der Waals surface area (Å²) in [6, 6.07) is 11.7. The van der Waals surface area contributed by atoms with Crippen LogP contribution in [0.2, 0.25) is 5.02 Å². The average Bonchev–Trinajstić information content (AvgIpc) is 2.72. The molecule has 1 aliphatic heterocycles. The van der Waals surface area contributed by atoms with Crippen molar-refractivity contribution in [3.8, 4) is 5.75 Å². The van der Waals surface area contributed by atoms with Gasteiger partial charge in [-0.1, -0.05) is 11.6 Å². The molecule has 0 aromatic heterocycles. The monoisotopic (exact) mass is 387 g/mol. The Bertz CT molecular complexity index is 865. The molecule has 3 amide bonds. The molecule has 0 aliphatic carbocycles. The second-order valence-corrected chi connectivity index (χ2v) is 7.43. The van der Waals surface area contributed by atoms with Gasteiger partial charge in [0.15, 0.2) is 0 Å². The zero-order valence-corrected chi connectivity index (χ0v) is 16.3. The molecule has 0 bridgehead atoms. The van der Waals surface area contributed by atoms with Crippen molar-refractivity contribution in [2.24, 2.45) is 5.41 Å². The van der Waals surface area contributed by atoms with Crippen molar-refractivity contribution < 1.29 is 14.3 Å². The van der Waals surface area contributed by atoms with Crippen LogP contribution in [0.3, 0.4) is 0 Å². The Morgan fingerprint density at radius 1 is 1.15 bits per heavy atom. The highest BCUT2D eigenvalue weighted by molar-refractivity contribution is 6.30. The zero-order chi connectivity index (χ0) is 19.6. The van der Waals surface area contributed by atoms with Crippen LogP contribution in [0, 0.1) is 5.41 Å². The number of fused-ring (bicyclic) bond motifs is 1. The lowest BCUT2D eigenvalue weighted by molar-refractivity contribution is -0.127. The highest BCUT2D eigenvalue weighted by atomic mass is 35.5. The van der Waals surface area contributed by atoms with E-state index >= 15 is 0 Å². The number of nitrogens with one attached hydrogen (secondary N) is 2. The predicted molar refractivity (Wildman–Crippen MR) is 108 cm³/mol. The van der Waals surface area contributed by atoms with E-state index in [1.54, 1.807) is 47.4 Å². The van der Waals surface area contributed by atoms with Gasteiger partial charge in [-0.3, -0.25) is 4.79 Å². The quantitative estimate of drug-likeness (QED) is 0.797. The molecule has 2 aromatic rings. The second-order valence-electron chi connectivity index (χ2n) is 6.99. The Morgan fingerprint density at radius 3 is 2.44 bits per heavy atom. The molecule has 1 heterocycles. The molecule has 0 fully saturated rings. The number of nitrogens with zero attached hydrogens (tertiary/aromatic N) is 1. The number of amides is 3. The Hall–Kier alpha value is -2.73. The maximum absolute atomic E-state index is 12.7. The van der Waals surface area contributed by atoms with E-state index in [0.29, 0.717) is 34.4 Å². The Labute approximate surface area is 163 Å². The van der Waals surface area contributed by atoms with Crippen LogP contribution in [0.25, 0.3) is 0 Å². The smallest absolute Gasteiger partial charge is 0.323 e. The normalized spacial score (nSPS) is 15.4. The standard InChI is InChI=1S/C20H22ClN3O3/c1-4-24-16-10-9-15(11-17(16)27-12-20(2,3)18(24)25)23-19(26)22-14-7-5-13(21)6-8-14/h5-11H,4,12H2,1-3H3,(H2,22,23,26). The van der Waals surface area contributed by atoms with Crippen LogP contribution >= 0.6 is 11.6 Å². The van der Waals surface area contributed by atoms with Crippen LogP contribution in [0.5, 0.6) is 5.75 Å². The fourth-order valence-corrected chi connectivity index (χ4v) is 2.99. The summed E-state index contributed by atoms with van der Waals surface area (Å²) in [7, 11) is 0. The molecular weight excluding hydrogens is 366 g/mol. The molecule has 142 valence electrons. The first-order valence-corrected chi connectivity index (χ1v) is 9.10. The first-order valence-electron chi connectivity index (χ1n) is 8.72. The minimum atomic E-state index is -0.616. The van der Waals surface area contributed by atoms with Crippen molar-refractivity contribution in [3.05, 3.63) is 47.5 Å². The summed E-state index contributed by atoms with van der Waals surface area (Å²) in [5.74, 6) is 0.588. The van der Waals surface area contributed by atoms with Crippen molar-refractivity contribution in [1.82, 2.24) is 0 Å². The van der Waals surface area contributed by atoms with Gasteiger partial charge in [0, 0.05) is 29.0 Å². The molecule has 0 saturated carbocycles. The van der Waals surface area contributed by atoms with Gasteiger partial charge in [-0.05, 0) is 57.2 Å². The van der Waals surface area contributed by atoms with Gasteiger partial charge in [-0.15, -0.1) is 0 Å². The molecular formula is C20H22ClN3O3. The molecule has 0 saturated heterocycles. The van der Waals surface area contributed by atoms with Gasteiger partial charge in [0.25, 0.3) is 0 Å². The van der Waals surface area contributed by atoms with Crippen molar-refractivity contribution in [3.63, 3.8) is 0 Å². The third-order valence-electron chi connectivity index (χ3n) is 4.34. The number of halogens is 1. The molecule has 1 aliphatic rings. The van der Waals surface area contributed by atoms with E-state index in [2.05, 4.69) is 10.6 Å². The van der Waals surface area contributed by atoms with Gasteiger partial charge >= 0.3 is 6.03 Å². The number of anilines is 3. The summed E-state index contributed by atoms with van der Waals surface area (Å²) in [5, 5.41) is 6.11. The Balaban J connectivity index is 1.78. The van der Waals surface area contributed by atoms with E-state index in [9.17, 15) is 9.59 Å². The number of urea groups is 1. The molecule has 2 aromatic carbocycles. The third-order valence-corrected chi connectivity index (χ3v) is 4.59. The van der Waals surface area contributed by atoms with Crippen LogP contribution in [0.1, 0.15) is 20.8 Å². The van der Waals surface area contributed by atoms with E-state index in [4.69, 9.17) is 16.3 Å². The number of hydrogen-bond acceptors (Lipinski definition) is 3. The van der Waals surface area contributed by atoms with E-state index in [-0.39, 0.29) is 18.5 Å². The number of carbonyl (C=O) groups excluding carboxylic acids is 2. The topological polar surface area (TPSA) is 70.7 Å². The fraction of sp³-hybridized carbons (Fsp3) is 0.300. The second kappa shape index (κ2) is 7.48. The van der Waals surface area contributed by atoms with E-state index in [0.717, 1.165) is 0 Å². The highest BCUT2D eigenvalue weighted by Crippen LogP contribution is 2.38. The van der Waals surface area contributed by atoms with Gasteiger partial charge in [-0.2, -0.15) is 0 Å². The van der Waals surface area contributed by atoms with Gasteiger partial charge in [0.2, 0.25) is 5.91 Å². The fourth-order valence-electron chi connectivity index (χ4n) is 2.87. The molecule has 0 unspecified atom stereocenters. The van der Waals surface area contributed by atoms with Crippen LogP contribution in [-0.2, 0) is 4.79 Å². The Kier molecular flexibility index (Phi) is 5.28. The van der Waals surface area contributed by atoms with E-state index < -0.39 is 5.41 Å². The van der Waals surface area contributed by atoms with Gasteiger partial charge in [0.05, 0.1) is 11.1 Å². The third kappa shape index (κ3) is 4.17. The molecule has 7 heteroatoms.